The highest BCUT2D eigenvalue weighted by Crippen LogP contribution is 2.40. The lowest BCUT2D eigenvalue weighted by molar-refractivity contribution is -0.127. The molecule has 9 heteroatoms. The molecule has 32 heavy (non-hydrogen) atoms. The molecule has 0 spiro atoms. The SMILES string of the molecule is CCC1(CC)C(=O)N(C(C)Cc2ccccc2)c2nc3c(c(=O)n(C)c(=O)n3C)n2C1=O. The molecule has 1 amide bonds. The van der Waals surface area contributed by atoms with Crippen LogP contribution in [0, 0.1) is 5.41 Å². The third-order valence-electron chi connectivity index (χ3n) is 6.72. The van der Waals surface area contributed by atoms with Crippen molar-refractivity contribution >= 4 is 28.9 Å². The first-order chi connectivity index (χ1) is 15.2. The van der Waals surface area contributed by atoms with Crippen LogP contribution in [0.2, 0.25) is 0 Å². The standard InChI is InChI=1S/C23H27N5O4/c1-6-23(7-2)19(30)27(14(3)13-15-11-9-8-10-12-15)21-24-17-16(28(21)20(23)31)18(29)26(5)22(32)25(17)4/h8-12,14H,6-7,13H2,1-5H3. The van der Waals surface area contributed by atoms with Crippen LogP contribution in [0.15, 0.2) is 39.9 Å². The molecular formula is C23H27N5O4. The van der Waals surface area contributed by atoms with Crippen LogP contribution in [0.25, 0.3) is 11.2 Å². The maximum atomic E-state index is 13.8. The predicted octanol–water partition coefficient (Wildman–Crippen LogP) is 1.86. The van der Waals surface area contributed by atoms with Crippen molar-refractivity contribution in [3.05, 3.63) is 56.7 Å². The molecule has 0 saturated heterocycles. The molecule has 9 nitrogen and oxygen atoms in total. The van der Waals surface area contributed by atoms with Gasteiger partial charge in [0.1, 0.15) is 5.41 Å². The molecule has 3 aromatic rings. The zero-order valence-electron chi connectivity index (χ0n) is 19.0. The number of anilines is 1. The Morgan fingerprint density at radius 1 is 0.938 bits per heavy atom. The van der Waals surface area contributed by atoms with Gasteiger partial charge in [-0.15, -0.1) is 0 Å². The molecule has 0 fully saturated rings. The molecule has 0 N–H and O–H groups in total. The number of aryl methyl sites for hydroxylation is 1. The van der Waals surface area contributed by atoms with Gasteiger partial charge in [0, 0.05) is 20.1 Å². The monoisotopic (exact) mass is 437 g/mol. The van der Waals surface area contributed by atoms with Crippen LogP contribution in [-0.4, -0.2) is 36.5 Å². The number of amides is 1. The number of imidazole rings is 1. The highest BCUT2D eigenvalue weighted by molar-refractivity contribution is 6.18. The molecule has 3 heterocycles. The van der Waals surface area contributed by atoms with Crippen molar-refractivity contribution in [3.63, 3.8) is 0 Å². The second-order valence-electron chi connectivity index (χ2n) is 8.43. The summed E-state index contributed by atoms with van der Waals surface area (Å²) in [5.74, 6) is -0.696. The van der Waals surface area contributed by atoms with Crippen LogP contribution in [-0.2, 0) is 25.3 Å². The average molecular weight is 438 g/mol. The second kappa shape index (κ2) is 7.58. The Bertz CT molecular complexity index is 1340. The lowest BCUT2D eigenvalue weighted by Gasteiger charge is -2.41. The van der Waals surface area contributed by atoms with Gasteiger partial charge >= 0.3 is 5.69 Å². The fourth-order valence-corrected chi connectivity index (χ4v) is 4.66. The number of aromatic nitrogens is 4. The smallest absolute Gasteiger partial charge is 0.279 e. The van der Waals surface area contributed by atoms with Crippen LogP contribution in [0.1, 0.15) is 44.0 Å². The number of hydrogen-bond acceptors (Lipinski definition) is 5. The maximum Gasteiger partial charge on any atom is 0.332 e. The minimum atomic E-state index is -1.30. The quantitative estimate of drug-likeness (QED) is 0.568. The minimum Gasteiger partial charge on any atom is -0.279 e. The van der Waals surface area contributed by atoms with Crippen molar-refractivity contribution in [2.75, 3.05) is 4.90 Å². The summed E-state index contributed by atoms with van der Waals surface area (Å²) in [5.41, 5.74) is -1.31. The van der Waals surface area contributed by atoms with E-state index in [0.29, 0.717) is 19.3 Å². The second-order valence-corrected chi connectivity index (χ2v) is 8.43. The van der Waals surface area contributed by atoms with Gasteiger partial charge in [0.25, 0.3) is 5.56 Å². The first-order valence-corrected chi connectivity index (χ1v) is 10.8. The van der Waals surface area contributed by atoms with Crippen molar-refractivity contribution in [1.82, 2.24) is 18.7 Å². The zero-order valence-corrected chi connectivity index (χ0v) is 19.0. The lowest BCUT2D eigenvalue weighted by Crippen LogP contribution is -2.58. The van der Waals surface area contributed by atoms with Crippen LogP contribution >= 0.6 is 0 Å². The van der Waals surface area contributed by atoms with E-state index in [4.69, 9.17) is 0 Å². The molecular weight excluding hydrogens is 410 g/mol. The topological polar surface area (TPSA) is 99.2 Å². The van der Waals surface area contributed by atoms with Crippen molar-refractivity contribution in [2.24, 2.45) is 19.5 Å². The predicted molar refractivity (Wildman–Crippen MR) is 121 cm³/mol. The normalized spacial score (nSPS) is 16.5. The van der Waals surface area contributed by atoms with Gasteiger partial charge in [-0.1, -0.05) is 44.2 Å². The van der Waals surface area contributed by atoms with Gasteiger partial charge in [-0.3, -0.25) is 28.4 Å². The molecule has 0 bridgehead atoms. The zero-order chi connectivity index (χ0) is 23.4. The summed E-state index contributed by atoms with van der Waals surface area (Å²) < 4.78 is 3.45. The molecule has 1 aromatic carbocycles. The summed E-state index contributed by atoms with van der Waals surface area (Å²) in [6, 6.07) is 9.42. The first kappa shape index (κ1) is 21.7. The van der Waals surface area contributed by atoms with Gasteiger partial charge in [-0.25, -0.2) is 9.36 Å². The van der Waals surface area contributed by atoms with Crippen molar-refractivity contribution < 1.29 is 9.59 Å². The average Bonchev–Trinajstić information content (AvgIpc) is 3.18. The summed E-state index contributed by atoms with van der Waals surface area (Å²) in [7, 11) is 2.87. The van der Waals surface area contributed by atoms with Gasteiger partial charge in [0.05, 0.1) is 0 Å². The highest BCUT2D eigenvalue weighted by Gasteiger charge is 2.53. The minimum absolute atomic E-state index is 0.0188. The fourth-order valence-electron chi connectivity index (χ4n) is 4.66. The maximum absolute atomic E-state index is 13.8. The number of fused-ring (bicyclic) bond motifs is 3. The Hall–Kier alpha value is -3.49. The Morgan fingerprint density at radius 2 is 1.56 bits per heavy atom. The van der Waals surface area contributed by atoms with Crippen molar-refractivity contribution in [1.29, 1.82) is 0 Å². The van der Waals surface area contributed by atoms with E-state index in [1.807, 2.05) is 37.3 Å². The third kappa shape index (κ3) is 2.80. The van der Waals surface area contributed by atoms with E-state index in [2.05, 4.69) is 4.98 Å². The number of rotatable bonds is 5. The van der Waals surface area contributed by atoms with Crippen LogP contribution in [0.4, 0.5) is 5.95 Å². The number of nitrogens with zero attached hydrogens (tertiary/aromatic N) is 5. The Balaban J connectivity index is 2.03. The van der Waals surface area contributed by atoms with E-state index < -0.39 is 22.6 Å². The van der Waals surface area contributed by atoms with E-state index in [9.17, 15) is 19.2 Å². The van der Waals surface area contributed by atoms with Gasteiger partial charge in [-0.2, -0.15) is 4.98 Å². The van der Waals surface area contributed by atoms with Crippen LogP contribution in [0.3, 0.4) is 0 Å². The molecule has 0 aliphatic carbocycles. The number of benzene rings is 1. The molecule has 4 rings (SSSR count). The van der Waals surface area contributed by atoms with Crippen LogP contribution in [0.5, 0.6) is 0 Å². The van der Waals surface area contributed by atoms with E-state index in [1.54, 1.807) is 13.8 Å². The highest BCUT2D eigenvalue weighted by atomic mass is 16.2. The van der Waals surface area contributed by atoms with E-state index in [0.717, 1.165) is 10.1 Å². The summed E-state index contributed by atoms with van der Waals surface area (Å²) in [6.45, 7) is 5.51. The molecule has 1 unspecified atom stereocenters. The van der Waals surface area contributed by atoms with Gasteiger partial charge < -0.3 is 0 Å². The molecule has 168 valence electrons. The fraction of sp³-hybridized carbons (Fsp3) is 0.435. The molecule has 1 aliphatic heterocycles. The van der Waals surface area contributed by atoms with Crippen molar-refractivity contribution in [3.8, 4) is 0 Å². The summed E-state index contributed by atoms with van der Waals surface area (Å²) in [4.78, 5) is 59.1. The number of hydrogen-bond donors (Lipinski definition) is 0. The number of carbonyl (C=O) groups excluding carboxylic acids is 2. The van der Waals surface area contributed by atoms with Gasteiger partial charge in [-0.05, 0) is 31.7 Å². The summed E-state index contributed by atoms with van der Waals surface area (Å²) >= 11 is 0. The largest absolute Gasteiger partial charge is 0.332 e. The Kier molecular flexibility index (Phi) is 5.15. The molecule has 1 atom stereocenters. The number of carbonyl (C=O) groups is 2. The lowest BCUT2D eigenvalue weighted by atomic mass is 9.78. The molecule has 1 aliphatic rings. The van der Waals surface area contributed by atoms with E-state index >= 15 is 0 Å². The Morgan fingerprint density at radius 3 is 2.16 bits per heavy atom. The van der Waals surface area contributed by atoms with Crippen LogP contribution < -0.4 is 16.1 Å². The molecule has 2 aromatic heterocycles. The molecule has 0 saturated carbocycles. The first-order valence-electron chi connectivity index (χ1n) is 10.8. The third-order valence-corrected chi connectivity index (χ3v) is 6.72. The van der Waals surface area contributed by atoms with E-state index in [1.165, 1.54) is 28.1 Å². The van der Waals surface area contributed by atoms with Gasteiger partial charge in [0.2, 0.25) is 17.8 Å². The summed E-state index contributed by atoms with van der Waals surface area (Å²) in [6.07, 6.45) is 1.13. The molecule has 0 radical (unpaired) electrons. The van der Waals surface area contributed by atoms with E-state index in [-0.39, 0.29) is 29.1 Å². The van der Waals surface area contributed by atoms with Gasteiger partial charge in [0.15, 0.2) is 11.2 Å². The van der Waals surface area contributed by atoms with Crippen molar-refractivity contribution in [2.45, 2.75) is 46.1 Å². The summed E-state index contributed by atoms with van der Waals surface area (Å²) in [5, 5.41) is 0. The Labute approximate surface area is 184 Å².